The largest absolute Gasteiger partial charge is 0.416 e. The summed E-state index contributed by atoms with van der Waals surface area (Å²) in [6.45, 7) is 5.43. The number of anilines is 1. The van der Waals surface area contributed by atoms with Gasteiger partial charge in [-0.15, -0.1) is 0 Å². The van der Waals surface area contributed by atoms with Crippen molar-refractivity contribution in [3.05, 3.63) is 83.1 Å². The molecule has 0 fully saturated rings. The molecule has 164 valence electrons. The van der Waals surface area contributed by atoms with Crippen LogP contribution in [0, 0.1) is 20.8 Å². The number of nitrogens with zero attached hydrogens (tertiary/aromatic N) is 5. The quantitative estimate of drug-likeness (QED) is 0.501. The minimum absolute atomic E-state index is 0.215. The maximum atomic E-state index is 13.0. The number of hydrogen-bond acceptors (Lipinski definition) is 4. The number of nitrogens with one attached hydrogen (secondary N) is 1. The molecule has 0 radical (unpaired) electrons. The van der Waals surface area contributed by atoms with Gasteiger partial charge in [0.2, 0.25) is 0 Å². The lowest BCUT2D eigenvalue weighted by Crippen LogP contribution is -2.14. The van der Waals surface area contributed by atoms with E-state index in [0.717, 1.165) is 23.5 Å². The SMILES string of the molecule is Cc1cc(C)n(-c2ccc(NC(=O)c3cnn(-c4cccc(C(F)(F)F)c4)c3C)cn2)n1. The van der Waals surface area contributed by atoms with Gasteiger partial charge in [-0.05, 0) is 57.2 Å². The van der Waals surface area contributed by atoms with E-state index in [1.807, 2.05) is 19.9 Å². The lowest BCUT2D eigenvalue weighted by Gasteiger charge is -2.10. The molecule has 0 bridgehead atoms. The summed E-state index contributed by atoms with van der Waals surface area (Å²) in [6, 6.07) is 10.1. The van der Waals surface area contributed by atoms with Gasteiger partial charge < -0.3 is 5.32 Å². The predicted octanol–water partition coefficient (Wildman–Crippen LogP) is 4.65. The third-order valence-electron chi connectivity index (χ3n) is 4.90. The van der Waals surface area contributed by atoms with E-state index < -0.39 is 17.6 Å². The average molecular weight is 440 g/mol. The fourth-order valence-electron chi connectivity index (χ4n) is 3.35. The summed E-state index contributed by atoms with van der Waals surface area (Å²) in [5.41, 5.74) is 2.35. The summed E-state index contributed by atoms with van der Waals surface area (Å²) in [4.78, 5) is 17.1. The Hall–Kier alpha value is -3.95. The molecule has 0 atom stereocenters. The molecular weight excluding hydrogens is 421 g/mol. The van der Waals surface area contributed by atoms with Crippen LogP contribution in [0.5, 0.6) is 0 Å². The van der Waals surface area contributed by atoms with Crippen LogP contribution in [0.2, 0.25) is 0 Å². The van der Waals surface area contributed by atoms with Crippen LogP contribution in [-0.4, -0.2) is 30.5 Å². The van der Waals surface area contributed by atoms with Crippen molar-refractivity contribution in [2.75, 3.05) is 5.32 Å². The molecule has 4 rings (SSSR count). The van der Waals surface area contributed by atoms with Gasteiger partial charge in [0.25, 0.3) is 5.91 Å². The van der Waals surface area contributed by atoms with Gasteiger partial charge in [0.15, 0.2) is 5.82 Å². The fraction of sp³-hybridized carbons (Fsp3) is 0.182. The second-order valence-electron chi connectivity index (χ2n) is 7.30. The van der Waals surface area contributed by atoms with Gasteiger partial charge in [-0.2, -0.15) is 23.4 Å². The molecular formula is C22H19F3N6O. The summed E-state index contributed by atoms with van der Waals surface area (Å²) in [7, 11) is 0. The first-order valence-corrected chi connectivity index (χ1v) is 9.67. The second kappa shape index (κ2) is 7.95. The lowest BCUT2D eigenvalue weighted by atomic mass is 10.2. The lowest BCUT2D eigenvalue weighted by molar-refractivity contribution is -0.137. The van der Waals surface area contributed by atoms with Crippen molar-refractivity contribution >= 4 is 11.6 Å². The molecule has 10 heteroatoms. The number of amides is 1. The summed E-state index contributed by atoms with van der Waals surface area (Å²) >= 11 is 0. The normalized spacial score (nSPS) is 11.6. The molecule has 1 amide bonds. The van der Waals surface area contributed by atoms with Crippen molar-refractivity contribution in [2.24, 2.45) is 0 Å². The highest BCUT2D eigenvalue weighted by molar-refractivity contribution is 6.04. The standard InChI is InChI=1S/C22H19F3N6O/c1-13-9-14(2)30(29-13)20-8-7-17(11-26-20)28-21(32)19-12-27-31(15(19)3)18-6-4-5-16(10-18)22(23,24)25/h4-12H,1-3H3,(H,28,32). The average Bonchev–Trinajstić information content (AvgIpc) is 3.29. The summed E-state index contributed by atoms with van der Waals surface area (Å²) in [5.74, 6) is 0.170. The van der Waals surface area contributed by atoms with Crippen molar-refractivity contribution in [1.82, 2.24) is 24.5 Å². The van der Waals surface area contributed by atoms with Gasteiger partial charge >= 0.3 is 6.18 Å². The number of alkyl halides is 3. The number of pyridine rings is 1. The number of aromatic nitrogens is 5. The Balaban J connectivity index is 1.54. The van der Waals surface area contributed by atoms with Crippen LogP contribution in [0.1, 0.15) is 33.0 Å². The monoisotopic (exact) mass is 440 g/mol. The first-order valence-electron chi connectivity index (χ1n) is 9.67. The zero-order chi connectivity index (χ0) is 23.0. The highest BCUT2D eigenvalue weighted by Crippen LogP contribution is 2.30. The smallest absolute Gasteiger partial charge is 0.320 e. The summed E-state index contributed by atoms with van der Waals surface area (Å²) in [6.07, 6.45) is -1.64. The molecule has 32 heavy (non-hydrogen) atoms. The van der Waals surface area contributed by atoms with Crippen LogP contribution in [0.15, 0.2) is 54.9 Å². The molecule has 4 aromatic rings. The zero-order valence-corrected chi connectivity index (χ0v) is 17.5. The van der Waals surface area contributed by atoms with Crippen molar-refractivity contribution in [3.8, 4) is 11.5 Å². The van der Waals surface area contributed by atoms with Gasteiger partial charge in [0.1, 0.15) is 0 Å². The van der Waals surface area contributed by atoms with E-state index in [2.05, 4.69) is 20.5 Å². The van der Waals surface area contributed by atoms with Crippen molar-refractivity contribution in [1.29, 1.82) is 0 Å². The first kappa shape index (κ1) is 21.3. The van der Waals surface area contributed by atoms with Crippen LogP contribution in [-0.2, 0) is 6.18 Å². The van der Waals surface area contributed by atoms with Crippen molar-refractivity contribution in [3.63, 3.8) is 0 Å². The third kappa shape index (κ3) is 4.11. The van der Waals surface area contributed by atoms with Gasteiger partial charge in [-0.1, -0.05) is 6.07 Å². The van der Waals surface area contributed by atoms with Crippen LogP contribution >= 0.6 is 0 Å². The Labute approximate surface area is 181 Å². The van der Waals surface area contributed by atoms with Gasteiger partial charge in [0, 0.05) is 5.69 Å². The summed E-state index contributed by atoms with van der Waals surface area (Å²) in [5, 5.41) is 11.2. The number of hydrogen-bond donors (Lipinski definition) is 1. The molecule has 0 aliphatic carbocycles. The molecule has 0 aliphatic heterocycles. The van der Waals surface area contributed by atoms with Gasteiger partial charge in [0.05, 0.1) is 46.3 Å². The molecule has 1 aromatic carbocycles. The number of carbonyl (C=O) groups is 1. The maximum Gasteiger partial charge on any atom is 0.416 e. The number of benzene rings is 1. The Bertz CT molecular complexity index is 1290. The van der Waals surface area contributed by atoms with E-state index in [4.69, 9.17) is 0 Å². The Morgan fingerprint density at radius 1 is 1.00 bits per heavy atom. The van der Waals surface area contributed by atoms with Crippen LogP contribution in [0.25, 0.3) is 11.5 Å². The van der Waals surface area contributed by atoms with E-state index in [1.165, 1.54) is 29.2 Å². The Kier molecular flexibility index (Phi) is 5.29. The van der Waals surface area contributed by atoms with Crippen molar-refractivity contribution in [2.45, 2.75) is 26.9 Å². The number of halogens is 3. The third-order valence-corrected chi connectivity index (χ3v) is 4.90. The Morgan fingerprint density at radius 3 is 2.41 bits per heavy atom. The molecule has 7 nitrogen and oxygen atoms in total. The topological polar surface area (TPSA) is 77.6 Å². The van der Waals surface area contributed by atoms with E-state index in [1.54, 1.807) is 23.7 Å². The molecule has 3 aromatic heterocycles. The van der Waals surface area contributed by atoms with Gasteiger partial charge in [-0.3, -0.25) is 4.79 Å². The number of carbonyl (C=O) groups excluding carboxylic acids is 1. The first-order chi connectivity index (χ1) is 15.1. The molecule has 0 spiro atoms. The molecule has 1 N–H and O–H groups in total. The van der Waals surface area contributed by atoms with Crippen LogP contribution in [0.4, 0.5) is 18.9 Å². The molecule has 0 unspecified atom stereocenters. The molecule has 0 aliphatic rings. The summed E-state index contributed by atoms with van der Waals surface area (Å²) < 4.78 is 42.0. The fourth-order valence-corrected chi connectivity index (χ4v) is 3.35. The number of rotatable bonds is 4. The molecule has 0 saturated carbocycles. The zero-order valence-electron chi connectivity index (χ0n) is 17.5. The van der Waals surface area contributed by atoms with Crippen LogP contribution < -0.4 is 5.32 Å². The highest BCUT2D eigenvalue weighted by atomic mass is 19.4. The highest BCUT2D eigenvalue weighted by Gasteiger charge is 2.30. The van der Waals surface area contributed by atoms with E-state index in [-0.39, 0.29) is 11.3 Å². The minimum Gasteiger partial charge on any atom is -0.320 e. The van der Waals surface area contributed by atoms with Crippen molar-refractivity contribution < 1.29 is 18.0 Å². The maximum absolute atomic E-state index is 13.0. The predicted molar refractivity (Wildman–Crippen MR) is 112 cm³/mol. The van der Waals surface area contributed by atoms with E-state index in [9.17, 15) is 18.0 Å². The van der Waals surface area contributed by atoms with Crippen LogP contribution in [0.3, 0.4) is 0 Å². The minimum atomic E-state index is -4.47. The van der Waals surface area contributed by atoms with E-state index >= 15 is 0 Å². The van der Waals surface area contributed by atoms with Gasteiger partial charge in [-0.25, -0.2) is 14.3 Å². The molecule has 0 saturated heterocycles. The van der Waals surface area contributed by atoms with E-state index in [0.29, 0.717) is 17.2 Å². The Morgan fingerprint density at radius 2 is 1.78 bits per heavy atom. The second-order valence-corrected chi connectivity index (χ2v) is 7.30. The molecule has 3 heterocycles. The number of aryl methyl sites for hydroxylation is 2.